The van der Waals surface area contributed by atoms with Crippen molar-refractivity contribution in [2.75, 3.05) is 11.9 Å². The molecule has 0 N–H and O–H groups in total. The van der Waals surface area contributed by atoms with E-state index < -0.39 is 0 Å². The molecule has 0 atom stereocenters. The molecule has 131 valence electrons. The number of anilines is 1. The summed E-state index contributed by atoms with van der Waals surface area (Å²) in [6, 6.07) is 20.3. The average molecular weight is 510 g/mol. The first kappa shape index (κ1) is 19.0. The van der Waals surface area contributed by atoms with Crippen molar-refractivity contribution in [3.8, 4) is 11.1 Å². The second kappa shape index (κ2) is 9.21. The zero-order chi connectivity index (χ0) is 16.8. The largest absolute Gasteiger partial charge is 0.510 e. The second-order valence-corrected chi connectivity index (χ2v) is 5.20. The Labute approximate surface area is 161 Å². The number of aromatic nitrogens is 1. The molecule has 1 aliphatic heterocycles. The van der Waals surface area contributed by atoms with Crippen LogP contribution in [0.3, 0.4) is 0 Å². The van der Waals surface area contributed by atoms with Gasteiger partial charge in [-0.3, -0.25) is 4.39 Å². The molecule has 2 heterocycles. The van der Waals surface area contributed by atoms with E-state index in [0.717, 1.165) is 16.8 Å². The maximum Gasteiger partial charge on any atom is 0.00884 e. The molecule has 1 aromatic heterocycles. The molecule has 25 heavy (non-hydrogen) atoms. The molecule has 3 aromatic rings. The number of benzene rings is 2. The molecule has 0 bridgehead atoms. The van der Waals surface area contributed by atoms with Crippen molar-refractivity contribution in [1.82, 2.24) is 9.88 Å². The van der Waals surface area contributed by atoms with Crippen molar-refractivity contribution in [2.24, 2.45) is 0 Å². The molecular weight excluding hydrogens is 493 g/mol. The first-order chi connectivity index (χ1) is 11.7. The van der Waals surface area contributed by atoms with Crippen LogP contribution in [0.5, 0.6) is 0 Å². The van der Waals surface area contributed by atoms with Crippen molar-refractivity contribution < 1.29 is 24.5 Å². The third-order valence-corrected chi connectivity index (χ3v) is 3.38. The second-order valence-electron chi connectivity index (χ2n) is 5.20. The molecule has 5 heteroatoms. The number of rotatable bonds is 2. The van der Waals surface area contributed by atoms with Gasteiger partial charge in [-0.2, -0.15) is 43.1 Å². The fourth-order valence-corrected chi connectivity index (χ4v) is 2.17. The summed E-state index contributed by atoms with van der Waals surface area (Å²) in [4.78, 5) is 7.77. The van der Waals surface area contributed by atoms with E-state index in [9.17, 15) is 4.39 Å². The number of hydrogen-bond acceptors (Lipinski definition) is 3. The first-order valence-corrected chi connectivity index (χ1v) is 7.47. The van der Waals surface area contributed by atoms with Crippen LogP contribution in [0.25, 0.3) is 11.1 Å². The summed E-state index contributed by atoms with van der Waals surface area (Å²) in [6.07, 6.45) is 7.43. The fourth-order valence-electron chi connectivity index (χ4n) is 2.17. The van der Waals surface area contributed by atoms with E-state index in [4.69, 9.17) is 0 Å². The summed E-state index contributed by atoms with van der Waals surface area (Å²) in [5, 5.41) is 0. The van der Waals surface area contributed by atoms with Crippen LogP contribution in [-0.2, 0) is 20.1 Å². The Morgan fingerprint density at radius 1 is 1.08 bits per heavy atom. The van der Waals surface area contributed by atoms with Gasteiger partial charge in [0.25, 0.3) is 0 Å². The zero-order valence-corrected chi connectivity index (χ0v) is 16.0. The van der Waals surface area contributed by atoms with Crippen LogP contribution in [-0.4, -0.2) is 16.9 Å². The van der Waals surface area contributed by atoms with Gasteiger partial charge in [0.05, 0.1) is 0 Å². The molecule has 0 saturated carbocycles. The van der Waals surface area contributed by atoms with Crippen LogP contribution in [0.2, 0.25) is 0 Å². The molecule has 0 fully saturated rings. The summed E-state index contributed by atoms with van der Waals surface area (Å²) in [5.41, 5.74) is 3.07. The first-order valence-electron chi connectivity index (χ1n) is 7.47. The maximum absolute atomic E-state index is 12.6. The Hall–Kier alpha value is -2.36. The van der Waals surface area contributed by atoms with E-state index in [1.807, 2.05) is 72.4 Å². The molecule has 2 aromatic carbocycles. The molecule has 4 rings (SSSR count). The molecule has 0 unspecified atom stereocenters. The predicted molar refractivity (Wildman–Crippen MR) is 93.0 cm³/mol. The zero-order valence-electron chi connectivity index (χ0n) is 13.6. The number of hydrogen-bond donors (Lipinski definition) is 0. The van der Waals surface area contributed by atoms with Crippen molar-refractivity contribution in [1.29, 1.82) is 0 Å². The van der Waals surface area contributed by atoms with Gasteiger partial charge < -0.3 is 14.8 Å². The van der Waals surface area contributed by atoms with E-state index >= 15 is 0 Å². The smallest absolute Gasteiger partial charge is 0.00884 e. The van der Waals surface area contributed by atoms with Crippen LogP contribution >= 0.6 is 0 Å². The van der Waals surface area contributed by atoms with E-state index in [1.54, 1.807) is 12.3 Å². The SMILES string of the molecule is CN1C=CN(c2[c-]cc(F)cc2)[CH-]1.[Ir].[c-]1ccccc1-c1ccn[cH-]1. The minimum absolute atomic E-state index is 0. The van der Waals surface area contributed by atoms with Gasteiger partial charge in [0.1, 0.15) is 0 Å². The van der Waals surface area contributed by atoms with Crippen LogP contribution in [0.1, 0.15) is 0 Å². The Bertz CT molecular complexity index is 770. The van der Waals surface area contributed by atoms with E-state index in [-0.39, 0.29) is 25.9 Å². The molecule has 3 nitrogen and oxygen atoms in total. The maximum atomic E-state index is 12.6. The van der Waals surface area contributed by atoms with E-state index in [1.165, 1.54) is 12.1 Å². The van der Waals surface area contributed by atoms with Crippen LogP contribution in [0, 0.1) is 24.6 Å². The Balaban J connectivity index is 0.000000175. The molecule has 1 radical (unpaired) electrons. The van der Waals surface area contributed by atoms with Gasteiger partial charge in [-0.15, -0.1) is 36.1 Å². The van der Waals surface area contributed by atoms with Gasteiger partial charge in [0, 0.05) is 25.9 Å². The van der Waals surface area contributed by atoms with Crippen molar-refractivity contribution in [2.45, 2.75) is 0 Å². The van der Waals surface area contributed by atoms with Crippen molar-refractivity contribution in [3.63, 3.8) is 0 Å². The minimum atomic E-state index is -0.264. The molecule has 0 amide bonds. The quantitative estimate of drug-likeness (QED) is 0.482. The number of nitrogens with zero attached hydrogens (tertiary/aromatic N) is 3. The van der Waals surface area contributed by atoms with Crippen LogP contribution in [0.15, 0.2) is 73.3 Å². The summed E-state index contributed by atoms with van der Waals surface area (Å²) >= 11 is 0. The molecular formula is C20H16FIrN3-4. The molecule has 0 saturated heterocycles. The van der Waals surface area contributed by atoms with Gasteiger partial charge in [0.2, 0.25) is 0 Å². The normalized spacial score (nSPS) is 12.4. The standard InChI is InChI=1S/C10H9FN2.C10H7N.Ir/c1-12-6-7-13(8-12)10-4-2-9(11)3-5-10;1-2-4-9(5-3-1)10-6-7-11-8-10;/h2-4,6-8H,1H3;1-4,6-8H;/q2*-2;. The Morgan fingerprint density at radius 3 is 2.52 bits per heavy atom. The molecule has 0 spiro atoms. The third kappa shape index (κ3) is 5.31. The summed E-state index contributed by atoms with van der Waals surface area (Å²) in [6.45, 7) is 1.89. The van der Waals surface area contributed by atoms with Gasteiger partial charge >= 0.3 is 0 Å². The van der Waals surface area contributed by atoms with Gasteiger partial charge in [0.15, 0.2) is 0 Å². The van der Waals surface area contributed by atoms with Gasteiger partial charge in [-0.05, 0) is 19.4 Å². The van der Waals surface area contributed by atoms with Gasteiger partial charge in [-0.1, -0.05) is 6.20 Å². The summed E-state index contributed by atoms with van der Waals surface area (Å²) < 4.78 is 12.6. The predicted octanol–water partition coefficient (Wildman–Crippen LogP) is 4.23. The van der Waals surface area contributed by atoms with E-state index in [0.29, 0.717) is 0 Å². The van der Waals surface area contributed by atoms with Crippen LogP contribution in [0.4, 0.5) is 10.1 Å². The van der Waals surface area contributed by atoms with E-state index in [2.05, 4.69) is 17.1 Å². The fraction of sp³-hybridized carbons (Fsp3) is 0.0500. The monoisotopic (exact) mass is 510 g/mol. The minimum Gasteiger partial charge on any atom is -0.510 e. The Kier molecular flexibility index (Phi) is 6.99. The van der Waals surface area contributed by atoms with Gasteiger partial charge in [-0.25, -0.2) is 11.1 Å². The van der Waals surface area contributed by atoms with Crippen LogP contribution < -0.4 is 4.90 Å². The number of halogens is 1. The summed E-state index contributed by atoms with van der Waals surface area (Å²) in [7, 11) is 1.93. The average Bonchev–Trinajstić information content (AvgIpc) is 3.29. The van der Waals surface area contributed by atoms with Crippen molar-refractivity contribution >= 4 is 5.69 Å². The summed E-state index contributed by atoms with van der Waals surface area (Å²) in [5.74, 6) is -0.264. The Morgan fingerprint density at radius 2 is 1.96 bits per heavy atom. The topological polar surface area (TPSA) is 19.4 Å². The molecule has 1 aliphatic rings. The molecule has 0 aliphatic carbocycles. The third-order valence-electron chi connectivity index (χ3n) is 3.38. The van der Waals surface area contributed by atoms with Crippen molar-refractivity contribution in [3.05, 3.63) is 97.9 Å².